The van der Waals surface area contributed by atoms with Crippen LogP contribution in [-0.4, -0.2) is 33.0 Å². The molecule has 1 saturated heterocycles. The molecule has 1 N–H and O–H groups in total. The van der Waals surface area contributed by atoms with Gasteiger partial charge in [-0.15, -0.1) is 0 Å². The molecule has 2 fully saturated rings. The first kappa shape index (κ1) is 11.4. The van der Waals surface area contributed by atoms with Gasteiger partial charge in [0.2, 0.25) is 0 Å². The molecule has 0 bridgehead atoms. The van der Waals surface area contributed by atoms with Gasteiger partial charge in [0.15, 0.2) is 0 Å². The second kappa shape index (κ2) is 4.55. The molecule has 1 aromatic heterocycles. The molecule has 18 heavy (non-hydrogen) atoms. The highest BCUT2D eigenvalue weighted by Crippen LogP contribution is 2.36. The summed E-state index contributed by atoms with van der Waals surface area (Å²) in [6.07, 6.45) is 9.20. The van der Waals surface area contributed by atoms with E-state index in [1.165, 1.54) is 25.6 Å². The number of nitrogens with one attached hydrogen (secondary N) is 1. The molecule has 0 radical (unpaired) electrons. The number of hydrogen-bond acceptors (Lipinski definition) is 3. The summed E-state index contributed by atoms with van der Waals surface area (Å²) < 4.78 is 0. The van der Waals surface area contributed by atoms with E-state index in [4.69, 9.17) is 0 Å². The third-order valence-corrected chi connectivity index (χ3v) is 4.13. The second-order valence-electron chi connectivity index (χ2n) is 5.23. The van der Waals surface area contributed by atoms with Crippen LogP contribution >= 0.6 is 0 Å². The highest BCUT2D eigenvalue weighted by atomic mass is 16.2. The van der Waals surface area contributed by atoms with Crippen molar-refractivity contribution in [3.05, 3.63) is 24.3 Å². The van der Waals surface area contributed by atoms with Crippen LogP contribution in [0.3, 0.4) is 0 Å². The van der Waals surface area contributed by atoms with Crippen LogP contribution in [-0.2, 0) is 6.54 Å². The fraction of sp³-hybridized carbons (Fsp3) is 0.615. The summed E-state index contributed by atoms with van der Waals surface area (Å²) in [5, 5.41) is 2.99. The molecule has 1 saturated carbocycles. The molecule has 0 atom stereocenters. The van der Waals surface area contributed by atoms with Crippen molar-refractivity contribution in [1.29, 1.82) is 0 Å². The summed E-state index contributed by atoms with van der Waals surface area (Å²) in [5.41, 5.74) is 0.937. The third-order valence-electron chi connectivity index (χ3n) is 4.13. The van der Waals surface area contributed by atoms with Crippen LogP contribution in [0.15, 0.2) is 18.6 Å². The van der Waals surface area contributed by atoms with Gasteiger partial charge in [-0.1, -0.05) is 19.3 Å². The van der Waals surface area contributed by atoms with Crippen molar-refractivity contribution in [2.75, 3.05) is 6.54 Å². The molecule has 0 unspecified atom stereocenters. The van der Waals surface area contributed by atoms with E-state index < -0.39 is 0 Å². The lowest BCUT2D eigenvalue weighted by Gasteiger charge is -2.39. The fourth-order valence-corrected chi connectivity index (χ4v) is 3.12. The SMILES string of the molecule is O=C1NCC2(CCCCC2)N1Cc1ccncn1. The maximum Gasteiger partial charge on any atom is 0.318 e. The smallest absolute Gasteiger partial charge is 0.318 e. The maximum absolute atomic E-state index is 12.0. The second-order valence-corrected chi connectivity index (χ2v) is 5.23. The van der Waals surface area contributed by atoms with Crippen LogP contribution in [0.25, 0.3) is 0 Å². The molecular weight excluding hydrogens is 228 g/mol. The summed E-state index contributed by atoms with van der Waals surface area (Å²) in [5.74, 6) is 0. The molecule has 1 aliphatic carbocycles. The number of nitrogens with zero attached hydrogens (tertiary/aromatic N) is 3. The Morgan fingerprint density at radius 2 is 2.17 bits per heavy atom. The Hall–Kier alpha value is -1.65. The summed E-state index contributed by atoms with van der Waals surface area (Å²) >= 11 is 0. The number of aromatic nitrogens is 2. The zero-order valence-electron chi connectivity index (χ0n) is 10.4. The first-order valence-corrected chi connectivity index (χ1v) is 6.61. The van der Waals surface area contributed by atoms with E-state index >= 15 is 0 Å². The van der Waals surface area contributed by atoms with Crippen molar-refractivity contribution in [2.24, 2.45) is 0 Å². The van der Waals surface area contributed by atoms with Gasteiger partial charge in [0.05, 0.1) is 17.8 Å². The van der Waals surface area contributed by atoms with E-state index in [-0.39, 0.29) is 11.6 Å². The van der Waals surface area contributed by atoms with Gasteiger partial charge in [-0.25, -0.2) is 14.8 Å². The minimum atomic E-state index is 0.0281. The minimum Gasteiger partial charge on any atom is -0.336 e. The Morgan fingerprint density at radius 1 is 1.33 bits per heavy atom. The van der Waals surface area contributed by atoms with Crippen molar-refractivity contribution in [3.63, 3.8) is 0 Å². The van der Waals surface area contributed by atoms with Gasteiger partial charge >= 0.3 is 6.03 Å². The molecule has 1 aromatic rings. The van der Waals surface area contributed by atoms with Crippen LogP contribution in [0.5, 0.6) is 0 Å². The monoisotopic (exact) mass is 246 g/mol. The largest absolute Gasteiger partial charge is 0.336 e. The van der Waals surface area contributed by atoms with Gasteiger partial charge in [0, 0.05) is 12.7 Å². The lowest BCUT2D eigenvalue weighted by Crippen LogP contribution is -2.48. The molecule has 5 heteroatoms. The quantitative estimate of drug-likeness (QED) is 0.864. The molecule has 2 heterocycles. The van der Waals surface area contributed by atoms with Gasteiger partial charge in [-0.05, 0) is 18.9 Å². The van der Waals surface area contributed by atoms with E-state index in [0.29, 0.717) is 6.54 Å². The zero-order valence-corrected chi connectivity index (χ0v) is 10.4. The number of carbonyl (C=O) groups excluding carboxylic acids is 1. The first-order valence-electron chi connectivity index (χ1n) is 6.61. The Labute approximate surface area is 107 Å². The van der Waals surface area contributed by atoms with Crippen LogP contribution < -0.4 is 5.32 Å². The average Bonchev–Trinajstić information content (AvgIpc) is 2.71. The first-order chi connectivity index (χ1) is 8.80. The molecule has 2 amide bonds. The van der Waals surface area contributed by atoms with Gasteiger partial charge in [-0.2, -0.15) is 0 Å². The Morgan fingerprint density at radius 3 is 2.89 bits per heavy atom. The van der Waals surface area contributed by atoms with Crippen molar-refractivity contribution < 1.29 is 4.79 Å². The predicted molar refractivity (Wildman–Crippen MR) is 66.8 cm³/mol. The number of carbonyl (C=O) groups is 1. The fourth-order valence-electron chi connectivity index (χ4n) is 3.12. The summed E-state index contributed by atoms with van der Waals surface area (Å²) in [4.78, 5) is 22.1. The number of rotatable bonds is 2. The lowest BCUT2D eigenvalue weighted by molar-refractivity contribution is 0.112. The van der Waals surface area contributed by atoms with Crippen LogP contribution in [0.4, 0.5) is 4.79 Å². The standard InChI is InChI=1S/C13H18N4O/c18-12-15-9-13(5-2-1-3-6-13)17(12)8-11-4-7-14-10-16-11/h4,7,10H,1-3,5-6,8-9H2,(H,15,18). The van der Waals surface area contributed by atoms with Crippen molar-refractivity contribution in [1.82, 2.24) is 20.2 Å². The minimum absolute atomic E-state index is 0.0281. The van der Waals surface area contributed by atoms with Gasteiger partial charge in [-0.3, -0.25) is 0 Å². The van der Waals surface area contributed by atoms with Gasteiger partial charge in [0.25, 0.3) is 0 Å². The molecule has 5 nitrogen and oxygen atoms in total. The number of amides is 2. The van der Waals surface area contributed by atoms with Crippen molar-refractivity contribution >= 4 is 6.03 Å². The van der Waals surface area contributed by atoms with E-state index in [1.54, 1.807) is 6.20 Å². The molecular formula is C13H18N4O. The molecule has 96 valence electrons. The van der Waals surface area contributed by atoms with Crippen molar-refractivity contribution in [3.8, 4) is 0 Å². The Balaban J connectivity index is 1.81. The molecule has 3 rings (SSSR count). The topological polar surface area (TPSA) is 58.1 Å². The van der Waals surface area contributed by atoms with E-state index in [2.05, 4.69) is 15.3 Å². The summed E-state index contributed by atoms with van der Waals surface area (Å²) in [7, 11) is 0. The lowest BCUT2D eigenvalue weighted by atomic mass is 9.81. The normalized spacial score (nSPS) is 22.2. The van der Waals surface area contributed by atoms with Crippen molar-refractivity contribution in [2.45, 2.75) is 44.2 Å². The van der Waals surface area contributed by atoms with Crippen LogP contribution in [0.1, 0.15) is 37.8 Å². The summed E-state index contributed by atoms with van der Waals surface area (Å²) in [6, 6.07) is 1.93. The Bertz CT molecular complexity index is 428. The molecule has 1 aliphatic heterocycles. The molecule has 1 spiro atoms. The zero-order chi connectivity index (χ0) is 12.4. The number of hydrogen-bond donors (Lipinski definition) is 1. The Kier molecular flexibility index (Phi) is 2.89. The molecule has 2 aliphatic rings. The third kappa shape index (κ3) is 1.94. The predicted octanol–water partition coefficient (Wildman–Crippen LogP) is 1.70. The van der Waals surface area contributed by atoms with E-state index in [9.17, 15) is 4.79 Å². The molecule has 0 aromatic carbocycles. The van der Waals surface area contributed by atoms with Crippen LogP contribution in [0.2, 0.25) is 0 Å². The van der Waals surface area contributed by atoms with Gasteiger partial charge in [0.1, 0.15) is 6.33 Å². The van der Waals surface area contributed by atoms with Gasteiger partial charge < -0.3 is 10.2 Å². The number of urea groups is 1. The highest BCUT2D eigenvalue weighted by Gasteiger charge is 2.45. The summed E-state index contributed by atoms with van der Waals surface area (Å²) in [6.45, 7) is 1.38. The average molecular weight is 246 g/mol. The highest BCUT2D eigenvalue weighted by molar-refractivity contribution is 5.77. The van der Waals surface area contributed by atoms with E-state index in [0.717, 1.165) is 25.1 Å². The maximum atomic E-state index is 12.0. The van der Waals surface area contributed by atoms with E-state index in [1.807, 2.05) is 11.0 Å². The van der Waals surface area contributed by atoms with Crippen LogP contribution in [0, 0.1) is 0 Å².